The second-order valence-electron chi connectivity index (χ2n) is 4.75. The first-order valence-corrected chi connectivity index (χ1v) is 6.40. The van der Waals surface area contributed by atoms with Crippen LogP contribution in [0.3, 0.4) is 0 Å². The number of hydrogen-bond donors (Lipinski definition) is 1. The summed E-state index contributed by atoms with van der Waals surface area (Å²) in [7, 11) is 1.98. The molecule has 96 valence electrons. The number of hydrogen-bond acceptors (Lipinski definition) is 2. The van der Waals surface area contributed by atoms with Crippen molar-refractivity contribution in [1.82, 2.24) is 15.1 Å². The topological polar surface area (TPSA) is 29.9 Å². The number of benzene rings is 1. The summed E-state index contributed by atoms with van der Waals surface area (Å²) < 4.78 is 2.05. The van der Waals surface area contributed by atoms with Crippen LogP contribution in [-0.2, 0) is 6.42 Å². The lowest BCUT2D eigenvalue weighted by molar-refractivity contribution is 0.783. The lowest BCUT2D eigenvalue weighted by Gasteiger charge is -2.06. The van der Waals surface area contributed by atoms with Crippen molar-refractivity contribution in [3.05, 3.63) is 46.8 Å². The molecule has 0 unspecified atom stereocenters. The zero-order valence-corrected chi connectivity index (χ0v) is 11.6. The molecule has 2 aromatic rings. The van der Waals surface area contributed by atoms with Gasteiger partial charge in [0.2, 0.25) is 0 Å². The Balaban J connectivity index is 2.40. The molecule has 18 heavy (non-hydrogen) atoms. The average Bonchev–Trinajstić information content (AvgIpc) is 2.63. The number of likely N-dealkylation sites (N-methyl/N-ethyl adjacent to an activating group) is 1. The zero-order valence-electron chi connectivity index (χ0n) is 11.6. The molecule has 0 bridgehead atoms. The molecule has 0 saturated carbocycles. The molecule has 0 fully saturated rings. The molecule has 0 saturated heterocycles. The fourth-order valence-corrected chi connectivity index (χ4v) is 2.30. The van der Waals surface area contributed by atoms with Gasteiger partial charge in [0.15, 0.2) is 0 Å². The van der Waals surface area contributed by atoms with Gasteiger partial charge in [-0.05, 0) is 64.0 Å². The van der Waals surface area contributed by atoms with Crippen LogP contribution in [0.4, 0.5) is 0 Å². The van der Waals surface area contributed by atoms with E-state index in [9.17, 15) is 0 Å². The highest BCUT2D eigenvalue weighted by Crippen LogP contribution is 2.18. The SMILES string of the molecule is CNCCc1c(C)nn(-c2cccc(C)c2)c1C. The summed E-state index contributed by atoms with van der Waals surface area (Å²) in [4.78, 5) is 0. The minimum Gasteiger partial charge on any atom is -0.319 e. The summed E-state index contributed by atoms with van der Waals surface area (Å²) in [5, 5.41) is 7.86. The van der Waals surface area contributed by atoms with Crippen molar-refractivity contribution in [2.75, 3.05) is 13.6 Å². The molecule has 0 spiro atoms. The fourth-order valence-electron chi connectivity index (χ4n) is 2.30. The van der Waals surface area contributed by atoms with Crippen LogP contribution in [0.15, 0.2) is 24.3 Å². The Morgan fingerprint density at radius 2 is 2.00 bits per heavy atom. The summed E-state index contributed by atoms with van der Waals surface area (Å²) in [5.74, 6) is 0. The van der Waals surface area contributed by atoms with Gasteiger partial charge in [0.05, 0.1) is 11.4 Å². The van der Waals surface area contributed by atoms with E-state index in [2.05, 4.69) is 55.5 Å². The number of nitrogens with zero attached hydrogens (tertiary/aromatic N) is 2. The third kappa shape index (κ3) is 2.46. The second-order valence-corrected chi connectivity index (χ2v) is 4.75. The number of nitrogens with one attached hydrogen (secondary N) is 1. The molecule has 0 radical (unpaired) electrons. The van der Waals surface area contributed by atoms with E-state index >= 15 is 0 Å². The maximum atomic E-state index is 4.66. The van der Waals surface area contributed by atoms with E-state index in [4.69, 9.17) is 0 Å². The molecule has 3 nitrogen and oxygen atoms in total. The number of aryl methyl sites for hydroxylation is 2. The van der Waals surface area contributed by atoms with Gasteiger partial charge in [0, 0.05) is 5.69 Å². The van der Waals surface area contributed by atoms with Crippen molar-refractivity contribution < 1.29 is 0 Å². The van der Waals surface area contributed by atoms with Crippen LogP contribution in [-0.4, -0.2) is 23.4 Å². The lowest BCUT2D eigenvalue weighted by atomic mass is 10.1. The van der Waals surface area contributed by atoms with Gasteiger partial charge in [0.1, 0.15) is 0 Å². The standard InChI is InChI=1S/C15H21N3/c1-11-6-5-7-14(10-11)18-13(3)15(8-9-16-4)12(2)17-18/h5-7,10,16H,8-9H2,1-4H3. The largest absolute Gasteiger partial charge is 0.319 e. The Morgan fingerprint density at radius 1 is 1.22 bits per heavy atom. The molecule has 0 aliphatic carbocycles. The van der Waals surface area contributed by atoms with Crippen molar-refractivity contribution in [1.29, 1.82) is 0 Å². The van der Waals surface area contributed by atoms with Crippen molar-refractivity contribution in [2.45, 2.75) is 27.2 Å². The third-order valence-corrected chi connectivity index (χ3v) is 3.31. The van der Waals surface area contributed by atoms with Crippen LogP contribution in [0.2, 0.25) is 0 Å². The Kier molecular flexibility index (Phi) is 3.82. The van der Waals surface area contributed by atoms with Crippen LogP contribution in [0.5, 0.6) is 0 Å². The first-order valence-electron chi connectivity index (χ1n) is 6.40. The highest BCUT2D eigenvalue weighted by Gasteiger charge is 2.12. The van der Waals surface area contributed by atoms with Gasteiger partial charge >= 0.3 is 0 Å². The predicted molar refractivity (Wildman–Crippen MR) is 75.4 cm³/mol. The van der Waals surface area contributed by atoms with Gasteiger partial charge in [-0.3, -0.25) is 0 Å². The van der Waals surface area contributed by atoms with E-state index in [1.807, 2.05) is 11.7 Å². The molecule has 1 aromatic heterocycles. The molecule has 0 aliphatic rings. The summed E-state index contributed by atoms with van der Waals surface area (Å²) in [6, 6.07) is 8.46. The van der Waals surface area contributed by atoms with Gasteiger partial charge in [-0.1, -0.05) is 12.1 Å². The number of aromatic nitrogens is 2. The van der Waals surface area contributed by atoms with E-state index in [1.165, 1.54) is 16.8 Å². The summed E-state index contributed by atoms with van der Waals surface area (Å²) in [5.41, 5.74) is 6.13. The lowest BCUT2D eigenvalue weighted by Crippen LogP contribution is -2.11. The maximum Gasteiger partial charge on any atom is 0.0651 e. The monoisotopic (exact) mass is 243 g/mol. The minimum atomic E-state index is 0.987. The van der Waals surface area contributed by atoms with Gasteiger partial charge in [-0.25, -0.2) is 4.68 Å². The molecular weight excluding hydrogens is 222 g/mol. The van der Waals surface area contributed by atoms with Crippen molar-refractivity contribution in [2.24, 2.45) is 0 Å². The third-order valence-electron chi connectivity index (χ3n) is 3.31. The molecule has 3 heteroatoms. The van der Waals surface area contributed by atoms with Gasteiger partial charge in [0.25, 0.3) is 0 Å². The zero-order chi connectivity index (χ0) is 13.1. The van der Waals surface area contributed by atoms with Crippen molar-refractivity contribution in [3.8, 4) is 5.69 Å². The first-order chi connectivity index (χ1) is 8.63. The molecule has 0 amide bonds. The van der Waals surface area contributed by atoms with Crippen LogP contribution in [0.25, 0.3) is 5.69 Å². The molecule has 0 aliphatic heterocycles. The second kappa shape index (κ2) is 5.36. The predicted octanol–water partition coefficient (Wildman–Crippen LogP) is 2.56. The smallest absolute Gasteiger partial charge is 0.0651 e. The van der Waals surface area contributed by atoms with Crippen molar-refractivity contribution in [3.63, 3.8) is 0 Å². The quantitative estimate of drug-likeness (QED) is 0.894. The molecule has 1 heterocycles. The van der Waals surface area contributed by atoms with E-state index in [-0.39, 0.29) is 0 Å². The molecule has 1 N–H and O–H groups in total. The number of rotatable bonds is 4. The van der Waals surface area contributed by atoms with Gasteiger partial charge in [-0.2, -0.15) is 5.10 Å². The minimum absolute atomic E-state index is 0.987. The maximum absolute atomic E-state index is 4.66. The van der Waals surface area contributed by atoms with E-state index in [0.717, 1.165) is 24.3 Å². The van der Waals surface area contributed by atoms with E-state index in [0.29, 0.717) is 0 Å². The summed E-state index contributed by atoms with van der Waals surface area (Å²) in [6.45, 7) is 7.33. The normalized spacial score (nSPS) is 10.9. The van der Waals surface area contributed by atoms with Crippen LogP contribution in [0.1, 0.15) is 22.5 Å². The molecule has 0 atom stereocenters. The van der Waals surface area contributed by atoms with Gasteiger partial charge < -0.3 is 5.32 Å². The van der Waals surface area contributed by atoms with E-state index < -0.39 is 0 Å². The van der Waals surface area contributed by atoms with Crippen molar-refractivity contribution >= 4 is 0 Å². The van der Waals surface area contributed by atoms with Crippen LogP contribution >= 0.6 is 0 Å². The fraction of sp³-hybridized carbons (Fsp3) is 0.400. The molecular formula is C15H21N3. The Hall–Kier alpha value is -1.61. The molecule has 2 rings (SSSR count). The summed E-state index contributed by atoms with van der Waals surface area (Å²) in [6.07, 6.45) is 1.03. The molecule has 1 aromatic carbocycles. The van der Waals surface area contributed by atoms with Crippen LogP contribution < -0.4 is 5.32 Å². The Morgan fingerprint density at radius 3 is 2.67 bits per heavy atom. The highest BCUT2D eigenvalue weighted by molar-refractivity contribution is 5.39. The highest BCUT2D eigenvalue weighted by atomic mass is 15.3. The first kappa shape index (κ1) is 12.8. The van der Waals surface area contributed by atoms with Gasteiger partial charge in [-0.15, -0.1) is 0 Å². The Labute approximate surface area is 109 Å². The Bertz CT molecular complexity index is 541. The van der Waals surface area contributed by atoms with E-state index in [1.54, 1.807) is 0 Å². The summed E-state index contributed by atoms with van der Waals surface area (Å²) >= 11 is 0. The van der Waals surface area contributed by atoms with Crippen LogP contribution in [0, 0.1) is 20.8 Å². The average molecular weight is 243 g/mol.